The van der Waals surface area contributed by atoms with Gasteiger partial charge in [-0.05, 0) is 37.6 Å². The van der Waals surface area contributed by atoms with Gasteiger partial charge in [0, 0.05) is 0 Å². The standard InChI is InChI=1S/C13H16FNO4/c1-3-13(2,12(17)18)15-11(16)8-19-10-6-4-9(14)5-7-10/h4-7H,3,8H2,1-2H3,(H,15,16)(H,17,18). The average molecular weight is 269 g/mol. The van der Waals surface area contributed by atoms with E-state index in [2.05, 4.69) is 5.32 Å². The summed E-state index contributed by atoms with van der Waals surface area (Å²) in [5, 5.41) is 11.4. The summed E-state index contributed by atoms with van der Waals surface area (Å²) < 4.78 is 17.8. The van der Waals surface area contributed by atoms with Crippen molar-refractivity contribution in [2.75, 3.05) is 6.61 Å². The number of hydrogen-bond donors (Lipinski definition) is 2. The maximum atomic E-state index is 12.6. The van der Waals surface area contributed by atoms with E-state index in [-0.39, 0.29) is 13.0 Å². The molecule has 0 aliphatic rings. The third kappa shape index (κ3) is 4.24. The maximum Gasteiger partial charge on any atom is 0.329 e. The quantitative estimate of drug-likeness (QED) is 0.822. The van der Waals surface area contributed by atoms with Gasteiger partial charge in [0.2, 0.25) is 0 Å². The molecule has 0 heterocycles. The molecule has 1 amide bonds. The second-order valence-electron chi connectivity index (χ2n) is 4.28. The van der Waals surface area contributed by atoms with Gasteiger partial charge in [0.1, 0.15) is 17.1 Å². The Labute approximate surface area is 110 Å². The third-order valence-electron chi connectivity index (χ3n) is 2.78. The first-order valence-electron chi connectivity index (χ1n) is 5.80. The summed E-state index contributed by atoms with van der Waals surface area (Å²) in [5.74, 6) is -1.72. The number of carboxylic acid groups (broad SMARTS) is 1. The molecule has 1 atom stereocenters. The minimum atomic E-state index is -1.32. The monoisotopic (exact) mass is 269 g/mol. The first kappa shape index (κ1) is 14.9. The zero-order valence-corrected chi connectivity index (χ0v) is 10.8. The van der Waals surface area contributed by atoms with E-state index >= 15 is 0 Å². The number of carbonyl (C=O) groups excluding carboxylic acids is 1. The molecule has 5 nitrogen and oxygen atoms in total. The summed E-state index contributed by atoms with van der Waals surface area (Å²) >= 11 is 0. The highest BCUT2D eigenvalue weighted by Gasteiger charge is 2.32. The van der Waals surface area contributed by atoms with Crippen LogP contribution in [0.2, 0.25) is 0 Å². The van der Waals surface area contributed by atoms with E-state index in [1.165, 1.54) is 31.2 Å². The Bertz CT molecular complexity index is 460. The number of aliphatic carboxylic acids is 1. The Morgan fingerprint density at radius 1 is 1.37 bits per heavy atom. The minimum Gasteiger partial charge on any atom is -0.484 e. The van der Waals surface area contributed by atoms with E-state index in [1.54, 1.807) is 6.92 Å². The fraction of sp³-hybridized carbons (Fsp3) is 0.385. The van der Waals surface area contributed by atoms with Crippen molar-refractivity contribution in [1.82, 2.24) is 5.32 Å². The lowest BCUT2D eigenvalue weighted by Crippen LogP contribution is -2.53. The Balaban J connectivity index is 2.52. The molecule has 0 spiro atoms. The number of rotatable bonds is 6. The fourth-order valence-electron chi connectivity index (χ4n) is 1.32. The molecule has 1 rings (SSSR count). The Hall–Kier alpha value is -2.11. The van der Waals surface area contributed by atoms with Gasteiger partial charge in [-0.2, -0.15) is 0 Å². The average Bonchev–Trinajstić information content (AvgIpc) is 2.37. The van der Waals surface area contributed by atoms with E-state index in [0.29, 0.717) is 5.75 Å². The molecular formula is C13H16FNO4. The minimum absolute atomic E-state index is 0.255. The number of hydrogen-bond acceptors (Lipinski definition) is 3. The molecule has 0 aliphatic carbocycles. The number of halogens is 1. The van der Waals surface area contributed by atoms with Gasteiger partial charge in [-0.15, -0.1) is 0 Å². The van der Waals surface area contributed by atoms with Crippen LogP contribution in [0.5, 0.6) is 5.75 Å². The van der Waals surface area contributed by atoms with Crippen LogP contribution in [0.15, 0.2) is 24.3 Å². The predicted molar refractivity (Wildman–Crippen MR) is 66.4 cm³/mol. The van der Waals surface area contributed by atoms with Gasteiger partial charge in [-0.3, -0.25) is 4.79 Å². The smallest absolute Gasteiger partial charge is 0.329 e. The summed E-state index contributed by atoms with van der Waals surface area (Å²) in [6.45, 7) is 2.76. The summed E-state index contributed by atoms with van der Waals surface area (Å²) in [5.41, 5.74) is -1.32. The molecule has 6 heteroatoms. The molecule has 2 N–H and O–H groups in total. The number of benzene rings is 1. The molecule has 19 heavy (non-hydrogen) atoms. The van der Waals surface area contributed by atoms with E-state index < -0.39 is 23.2 Å². The molecule has 0 aliphatic heterocycles. The van der Waals surface area contributed by atoms with Gasteiger partial charge in [-0.25, -0.2) is 9.18 Å². The van der Waals surface area contributed by atoms with Crippen molar-refractivity contribution in [3.8, 4) is 5.75 Å². The van der Waals surface area contributed by atoms with Gasteiger partial charge >= 0.3 is 5.97 Å². The van der Waals surface area contributed by atoms with E-state index in [1.807, 2.05) is 0 Å². The zero-order valence-electron chi connectivity index (χ0n) is 10.8. The van der Waals surface area contributed by atoms with Crippen molar-refractivity contribution in [3.05, 3.63) is 30.1 Å². The maximum absolute atomic E-state index is 12.6. The van der Waals surface area contributed by atoms with Crippen LogP contribution in [0.3, 0.4) is 0 Å². The first-order valence-corrected chi connectivity index (χ1v) is 5.80. The summed E-state index contributed by atoms with van der Waals surface area (Å²) in [4.78, 5) is 22.6. The molecule has 104 valence electrons. The SMILES string of the molecule is CCC(C)(NC(=O)COc1ccc(F)cc1)C(=O)O. The molecule has 0 radical (unpaired) electrons. The number of nitrogens with one attached hydrogen (secondary N) is 1. The normalized spacial score (nSPS) is 13.4. The van der Waals surface area contributed by atoms with Gasteiger partial charge in [-0.1, -0.05) is 6.92 Å². The summed E-state index contributed by atoms with van der Waals surface area (Å²) in [6, 6.07) is 5.19. The van der Waals surface area contributed by atoms with Gasteiger partial charge in [0.25, 0.3) is 5.91 Å². The van der Waals surface area contributed by atoms with Crippen molar-refractivity contribution in [2.45, 2.75) is 25.8 Å². The highest BCUT2D eigenvalue weighted by Crippen LogP contribution is 2.12. The van der Waals surface area contributed by atoms with Gasteiger partial charge in [0.05, 0.1) is 0 Å². The van der Waals surface area contributed by atoms with Crippen LogP contribution in [0, 0.1) is 5.82 Å². The lowest BCUT2D eigenvalue weighted by molar-refractivity contribution is -0.147. The molecule has 0 saturated carbocycles. The van der Waals surface area contributed by atoms with Crippen LogP contribution in [0.1, 0.15) is 20.3 Å². The number of carboxylic acids is 1. The summed E-state index contributed by atoms with van der Waals surface area (Å²) in [7, 11) is 0. The molecule has 1 unspecified atom stereocenters. The van der Waals surface area contributed by atoms with Gasteiger partial charge < -0.3 is 15.2 Å². The largest absolute Gasteiger partial charge is 0.484 e. The van der Waals surface area contributed by atoms with Crippen LogP contribution in [0.4, 0.5) is 4.39 Å². The molecule has 0 bridgehead atoms. The molecule has 1 aromatic carbocycles. The molecule has 1 aromatic rings. The van der Waals surface area contributed by atoms with Crippen molar-refractivity contribution >= 4 is 11.9 Å². The van der Waals surface area contributed by atoms with E-state index in [4.69, 9.17) is 9.84 Å². The van der Waals surface area contributed by atoms with Crippen LogP contribution in [0.25, 0.3) is 0 Å². The van der Waals surface area contributed by atoms with Crippen molar-refractivity contribution in [2.24, 2.45) is 0 Å². The third-order valence-corrected chi connectivity index (χ3v) is 2.78. The molecule has 0 fully saturated rings. The molecule has 0 aromatic heterocycles. The Morgan fingerprint density at radius 2 is 1.95 bits per heavy atom. The topological polar surface area (TPSA) is 75.6 Å². The lowest BCUT2D eigenvalue weighted by Gasteiger charge is -2.24. The number of ether oxygens (including phenoxy) is 1. The number of amides is 1. The summed E-state index contributed by atoms with van der Waals surface area (Å²) in [6.07, 6.45) is 0.255. The van der Waals surface area contributed by atoms with E-state index in [0.717, 1.165) is 0 Å². The first-order chi connectivity index (χ1) is 8.87. The van der Waals surface area contributed by atoms with Crippen molar-refractivity contribution in [3.63, 3.8) is 0 Å². The molecular weight excluding hydrogens is 253 g/mol. The van der Waals surface area contributed by atoms with Crippen molar-refractivity contribution < 1.29 is 23.8 Å². The van der Waals surface area contributed by atoms with Crippen molar-refractivity contribution in [1.29, 1.82) is 0 Å². The number of carbonyl (C=O) groups is 2. The lowest BCUT2D eigenvalue weighted by atomic mass is 9.99. The predicted octanol–water partition coefficient (Wildman–Crippen LogP) is 1.57. The second kappa shape index (κ2) is 6.17. The highest BCUT2D eigenvalue weighted by molar-refractivity contribution is 5.87. The van der Waals surface area contributed by atoms with E-state index in [9.17, 15) is 14.0 Å². The van der Waals surface area contributed by atoms with Crippen LogP contribution < -0.4 is 10.1 Å². The van der Waals surface area contributed by atoms with Crippen LogP contribution in [-0.4, -0.2) is 29.1 Å². The van der Waals surface area contributed by atoms with Crippen LogP contribution >= 0.6 is 0 Å². The highest BCUT2D eigenvalue weighted by atomic mass is 19.1. The fourth-order valence-corrected chi connectivity index (χ4v) is 1.32. The zero-order chi connectivity index (χ0) is 14.5. The van der Waals surface area contributed by atoms with Gasteiger partial charge in [0.15, 0.2) is 6.61 Å². The second-order valence-corrected chi connectivity index (χ2v) is 4.28. The van der Waals surface area contributed by atoms with Crippen LogP contribution in [-0.2, 0) is 9.59 Å². The Morgan fingerprint density at radius 3 is 2.42 bits per heavy atom. The Kier molecular flexibility index (Phi) is 4.86. The molecule has 0 saturated heterocycles.